The molecule has 0 radical (unpaired) electrons. The fourth-order valence-corrected chi connectivity index (χ4v) is 2.09. The van der Waals surface area contributed by atoms with E-state index in [9.17, 15) is 0 Å². The molecule has 0 spiro atoms. The smallest absolute Gasteiger partial charge is 0.126 e. The van der Waals surface area contributed by atoms with E-state index in [2.05, 4.69) is 10.5 Å². The van der Waals surface area contributed by atoms with E-state index < -0.39 is 0 Å². The molecule has 0 amide bonds. The van der Waals surface area contributed by atoms with Gasteiger partial charge in [-0.1, -0.05) is 29.8 Å². The Bertz CT molecular complexity index is 537. The third kappa shape index (κ3) is 2.48. The molecule has 2 aromatic rings. The monoisotopic (exact) mass is 265 g/mol. The van der Waals surface area contributed by atoms with E-state index in [1.165, 1.54) is 0 Å². The minimum absolute atomic E-state index is 0.112. The van der Waals surface area contributed by atoms with Crippen LogP contribution in [0.15, 0.2) is 30.5 Å². The van der Waals surface area contributed by atoms with Gasteiger partial charge in [-0.3, -0.25) is 16.0 Å². The van der Waals surface area contributed by atoms with Crippen LogP contribution in [0, 0.1) is 0 Å². The maximum atomic E-state index is 6.14. The first-order valence-electron chi connectivity index (χ1n) is 5.60. The van der Waals surface area contributed by atoms with Gasteiger partial charge >= 0.3 is 0 Å². The van der Waals surface area contributed by atoms with Crippen molar-refractivity contribution in [1.82, 2.24) is 15.2 Å². The second-order valence-electron chi connectivity index (χ2n) is 4.12. The van der Waals surface area contributed by atoms with E-state index >= 15 is 0 Å². The molecule has 5 nitrogen and oxygen atoms in total. The van der Waals surface area contributed by atoms with Crippen LogP contribution in [0.4, 0.5) is 5.82 Å². The highest BCUT2D eigenvalue weighted by Crippen LogP contribution is 2.25. The molecule has 0 aliphatic rings. The molecule has 0 fully saturated rings. The quantitative estimate of drug-likeness (QED) is 0.577. The number of nitrogens with one attached hydrogen (secondary N) is 1. The van der Waals surface area contributed by atoms with Crippen LogP contribution in [0.25, 0.3) is 0 Å². The molecular weight excluding hydrogens is 250 g/mol. The minimum atomic E-state index is -0.112. The number of aryl methyl sites for hydroxylation is 1. The van der Waals surface area contributed by atoms with Gasteiger partial charge < -0.3 is 5.73 Å². The average molecular weight is 266 g/mol. The van der Waals surface area contributed by atoms with E-state index in [0.29, 0.717) is 12.2 Å². The fraction of sp³-hybridized carbons (Fsp3) is 0.250. The third-order valence-electron chi connectivity index (χ3n) is 2.97. The van der Waals surface area contributed by atoms with Gasteiger partial charge in [-0.25, -0.2) is 0 Å². The van der Waals surface area contributed by atoms with E-state index in [1.54, 1.807) is 17.9 Å². The van der Waals surface area contributed by atoms with Gasteiger partial charge in [0.05, 0.1) is 12.2 Å². The van der Waals surface area contributed by atoms with Crippen molar-refractivity contribution < 1.29 is 0 Å². The summed E-state index contributed by atoms with van der Waals surface area (Å²) >= 11 is 6.14. The molecule has 0 saturated heterocycles. The highest BCUT2D eigenvalue weighted by molar-refractivity contribution is 6.31. The number of anilines is 1. The molecule has 2 rings (SSSR count). The number of nitrogen functional groups attached to an aromatic ring is 1. The molecule has 1 unspecified atom stereocenters. The predicted octanol–water partition coefficient (Wildman–Crippen LogP) is 1.40. The molecule has 1 aromatic heterocycles. The van der Waals surface area contributed by atoms with Crippen LogP contribution < -0.4 is 17.0 Å². The van der Waals surface area contributed by atoms with Gasteiger partial charge in [-0.05, 0) is 18.1 Å². The summed E-state index contributed by atoms with van der Waals surface area (Å²) in [4.78, 5) is 0. The molecule has 1 aromatic carbocycles. The number of hydrogen-bond acceptors (Lipinski definition) is 4. The first kappa shape index (κ1) is 12.9. The summed E-state index contributed by atoms with van der Waals surface area (Å²) < 4.78 is 1.62. The zero-order valence-electron chi connectivity index (χ0n) is 10.1. The van der Waals surface area contributed by atoms with Crippen LogP contribution in [-0.4, -0.2) is 9.78 Å². The molecule has 0 bridgehead atoms. The van der Waals surface area contributed by atoms with Crippen LogP contribution in [0.1, 0.15) is 17.2 Å². The van der Waals surface area contributed by atoms with E-state index in [0.717, 1.165) is 16.1 Å². The van der Waals surface area contributed by atoms with Crippen LogP contribution in [-0.2, 0) is 13.5 Å². The first-order valence-corrected chi connectivity index (χ1v) is 5.98. The second kappa shape index (κ2) is 5.39. The molecule has 96 valence electrons. The third-order valence-corrected chi connectivity index (χ3v) is 3.34. The summed E-state index contributed by atoms with van der Waals surface area (Å²) in [5, 5.41) is 4.83. The van der Waals surface area contributed by atoms with E-state index in [-0.39, 0.29) is 6.04 Å². The normalized spacial score (nSPS) is 12.6. The second-order valence-corrected chi connectivity index (χ2v) is 4.53. The van der Waals surface area contributed by atoms with E-state index in [1.807, 2.05) is 24.3 Å². The number of hydrazine groups is 1. The lowest BCUT2D eigenvalue weighted by molar-refractivity contribution is 0.553. The van der Waals surface area contributed by atoms with Gasteiger partial charge in [0.2, 0.25) is 0 Å². The van der Waals surface area contributed by atoms with Crippen molar-refractivity contribution in [2.24, 2.45) is 12.9 Å². The number of halogens is 1. The topological polar surface area (TPSA) is 81.9 Å². The maximum Gasteiger partial charge on any atom is 0.126 e. The number of rotatable bonds is 4. The largest absolute Gasteiger partial charge is 0.384 e. The van der Waals surface area contributed by atoms with Crippen molar-refractivity contribution in [1.29, 1.82) is 0 Å². The van der Waals surface area contributed by atoms with Crippen molar-refractivity contribution in [2.75, 3.05) is 5.73 Å². The van der Waals surface area contributed by atoms with Crippen LogP contribution in [0.3, 0.4) is 0 Å². The van der Waals surface area contributed by atoms with E-state index in [4.69, 9.17) is 23.2 Å². The van der Waals surface area contributed by atoms with Gasteiger partial charge in [-0.15, -0.1) is 0 Å². The van der Waals surface area contributed by atoms with Crippen molar-refractivity contribution in [3.05, 3.63) is 46.6 Å². The molecule has 1 atom stereocenters. The lowest BCUT2D eigenvalue weighted by atomic mass is 10.0. The summed E-state index contributed by atoms with van der Waals surface area (Å²) in [6.45, 7) is 0. The lowest BCUT2D eigenvalue weighted by Gasteiger charge is -2.16. The summed E-state index contributed by atoms with van der Waals surface area (Å²) in [5.74, 6) is 6.20. The Morgan fingerprint density at radius 3 is 2.72 bits per heavy atom. The number of benzene rings is 1. The molecular formula is C12H16ClN5. The van der Waals surface area contributed by atoms with Gasteiger partial charge in [-0.2, -0.15) is 5.10 Å². The van der Waals surface area contributed by atoms with Crippen molar-refractivity contribution >= 4 is 17.4 Å². The predicted molar refractivity (Wildman–Crippen MR) is 72.8 cm³/mol. The highest BCUT2D eigenvalue weighted by Gasteiger charge is 2.17. The summed E-state index contributed by atoms with van der Waals surface area (Å²) in [5.41, 5.74) is 10.6. The molecule has 0 aliphatic carbocycles. The van der Waals surface area contributed by atoms with Gasteiger partial charge in [0.1, 0.15) is 5.82 Å². The summed E-state index contributed by atoms with van der Waals surface area (Å²) in [7, 11) is 1.79. The van der Waals surface area contributed by atoms with Gasteiger partial charge in [0.15, 0.2) is 0 Å². The Balaban J connectivity index is 2.25. The summed E-state index contributed by atoms with van der Waals surface area (Å²) in [6, 6.07) is 7.56. The van der Waals surface area contributed by atoms with Crippen LogP contribution >= 0.6 is 11.6 Å². The number of aromatic nitrogens is 2. The minimum Gasteiger partial charge on any atom is -0.384 e. The number of nitrogens with zero attached hydrogens (tertiary/aromatic N) is 2. The Hall–Kier alpha value is -1.56. The van der Waals surface area contributed by atoms with Gasteiger partial charge in [0.25, 0.3) is 0 Å². The Kier molecular flexibility index (Phi) is 3.86. The Labute approximate surface area is 111 Å². The zero-order chi connectivity index (χ0) is 13.1. The molecule has 0 saturated carbocycles. The number of hydrogen-bond donors (Lipinski definition) is 3. The Morgan fingerprint density at radius 1 is 1.44 bits per heavy atom. The first-order chi connectivity index (χ1) is 8.63. The average Bonchev–Trinajstić information content (AvgIpc) is 2.70. The Morgan fingerprint density at radius 2 is 2.17 bits per heavy atom. The molecule has 0 aliphatic heterocycles. The molecule has 6 heteroatoms. The van der Waals surface area contributed by atoms with Crippen molar-refractivity contribution in [3.8, 4) is 0 Å². The zero-order valence-corrected chi connectivity index (χ0v) is 10.9. The molecule has 1 heterocycles. The van der Waals surface area contributed by atoms with Gasteiger partial charge in [0, 0.05) is 17.6 Å². The van der Waals surface area contributed by atoms with Crippen LogP contribution in [0.2, 0.25) is 5.02 Å². The van der Waals surface area contributed by atoms with Crippen molar-refractivity contribution in [2.45, 2.75) is 12.5 Å². The van der Waals surface area contributed by atoms with Crippen molar-refractivity contribution in [3.63, 3.8) is 0 Å². The lowest BCUT2D eigenvalue weighted by Crippen LogP contribution is -2.30. The standard InChI is InChI=1S/C12H16ClN5/c1-18-12(14)9(7-16-18)11(17-15)6-8-4-2-3-5-10(8)13/h2-5,7,11,17H,6,14-15H2,1H3. The number of nitrogens with two attached hydrogens (primary N) is 2. The summed E-state index contributed by atoms with van der Waals surface area (Å²) in [6.07, 6.45) is 2.38. The highest BCUT2D eigenvalue weighted by atomic mass is 35.5. The molecule has 18 heavy (non-hydrogen) atoms. The molecule has 5 N–H and O–H groups in total. The van der Waals surface area contributed by atoms with Crippen LogP contribution in [0.5, 0.6) is 0 Å². The SMILES string of the molecule is Cn1ncc(C(Cc2ccccc2Cl)NN)c1N. The fourth-order valence-electron chi connectivity index (χ4n) is 1.87. The maximum absolute atomic E-state index is 6.14.